The molecule has 0 aromatic rings. The molecule has 4 nitrogen and oxygen atoms in total. The third kappa shape index (κ3) is 1.66. The van der Waals surface area contributed by atoms with Crippen LogP contribution in [0.5, 0.6) is 0 Å². The molecule has 1 rings (SSSR count). The number of nitrogens with zero attached hydrogens (tertiary/aromatic N) is 3. The summed E-state index contributed by atoms with van der Waals surface area (Å²) in [5.41, 5.74) is 8.00. The molecule has 1 aliphatic heterocycles. The molecule has 0 N–H and O–H groups in total. The van der Waals surface area contributed by atoms with E-state index >= 15 is 0 Å². The van der Waals surface area contributed by atoms with Crippen molar-refractivity contribution in [3.8, 4) is 0 Å². The summed E-state index contributed by atoms with van der Waals surface area (Å²) in [6.45, 7) is 0.653. The molecule has 0 radical (unpaired) electrons. The molecule has 4 heteroatoms. The van der Waals surface area contributed by atoms with Gasteiger partial charge >= 0.3 is 0 Å². The average molecular weight is 125 g/mol. The highest BCUT2D eigenvalue weighted by Gasteiger charge is 2.04. The van der Waals surface area contributed by atoms with Crippen molar-refractivity contribution < 1.29 is 4.74 Å². The van der Waals surface area contributed by atoms with E-state index in [0.717, 1.165) is 6.42 Å². The minimum atomic E-state index is 0.00347. The Balaban J connectivity index is 2.49. The topological polar surface area (TPSA) is 58.0 Å². The first-order chi connectivity index (χ1) is 4.43. The van der Waals surface area contributed by atoms with Crippen molar-refractivity contribution in [2.24, 2.45) is 5.11 Å². The smallest absolute Gasteiger partial charge is 0.0880 e. The van der Waals surface area contributed by atoms with Crippen LogP contribution >= 0.6 is 0 Å². The maximum atomic E-state index is 8.00. The van der Waals surface area contributed by atoms with E-state index in [0.29, 0.717) is 6.61 Å². The van der Waals surface area contributed by atoms with Gasteiger partial charge in [-0.3, -0.25) is 0 Å². The second-order valence-electron chi connectivity index (χ2n) is 1.76. The second kappa shape index (κ2) is 2.99. The molecule has 48 valence electrons. The maximum Gasteiger partial charge on any atom is 0.0880 e. The summed E-state index contributed by atoms with van der Waals surface area (Å²) in [6.07, 6.45) is 4.12. The fourth-order valence-corrected chi connectivity index (χ4v) is 0.662. The SMILES string of the molecule is [N-]=[N+]=NC1C=COCC1. The molecule has 9 heavy (non-hydrogen) atoms. The summed E-state index contributed by atoms with van der Waals surface area (Å²) >= 11 is 0. The molecule has 0 aromatic carbocycles. The van der Waals surface area contributed by atoms with Crippen molar-refractivity contribution >= 4 is 0 Å². The van der Waals surface area contributed by atoms with Gasteiger partial charge < -0.3 is 4.74 Å². The fraction of sp³-hybridized carbons (Fsp3) is 0.600. The van der Waals surface area contributed by atoms with Gasteiger partial charge in [-0.2, -0.15) is 0 Å². The lowest BCUT2D eigenvalue weighted by molar-refractivity contribution is 0.223. The molecule has 0 spiro atoms. The van der Waals surface area contributed by atoms with Gasteiger partial charge in [0.15, 0.2) is 0 Å². The van der Waals surface area contributed by atoms with Gasteiger partial charge in [0.2, 0.25) is 0 Å². The van der Waals surface area contributed by atoms with E-state index in [1.807, 2.05) is 0 Å². The van der Waals surface area contributed by atoms with Crippen LogP contribution in [0.25, 0.3) is 10.4 Å². The van der Waals surface area contributed by atoms with Gasteiger partial charge in [0, 0.05) is 4.91 Å². The summed E-state index contributed by atoms with van der Waals surface area (Å²) in [5.74, 6) is 0. The van der Waals surface area contributed by atoms with Crippen molar-refractivity contribution in [2.75, 3.05) is 6.61 Å². The molecule has 1 aliphatic rings. The van der Waals surface area contributed by atoms with Crippen molar-refractivity contribution in [3.63, 3.8) is 0 Å². The van der Waals surface area contributed by atoms with Crippen molar-refractivity contribution in [2.45, 2.75) is 12.5 Å². The van der Waals surface area contributed by atoms with Crippen LogP contribution in [0.2, 0.25) is 0 Å². The van der Waals surface area contributed by atoms with Crippen LogP contribution in [0.1, 0.15) is 6.42 Å². The Kier molecular flexibility index (Phi) is 1.99. The molecular formula is C5H7N3O. The molecule has 0 aromatic heterocycles. The molecule has 0 fully saturated rings. The van der Waals surface area contributed by atoms with Gasteiger partial charge in [-0.05, 0) is 18.0 Å². The monoisotopic (exact) mass is 125 g/mol. The molecule has 0 amide bonds. The highest BCUT2D eigenvalue weighted by Crippen LogP contribution is 2.06. The Bertz CT molecular complexity index is 160. The molecule has 1 unspecified atom stereocenters. The van der Waals surface area contributed by atoms with E-state index in [1.165, 1.54) is 0 Å². The van der Waals surface area contributed by atoms with Gasteiger partial charge in [-0.15, -0.1) is 0 Å². The maximum absolute atomic E-state index is 8.00. The van der Waals surface area contributed by atoms with Gasteiger partial charge in [0.25, 0.3) is 0 Å². The predicted octanol–water partition coefficient (Wildman–Crippen LogP) is 1.60. The number of azide groups is 1. The largest absolute Gasteiger partial charge is 0.502 e. The zero-order valence-corrected chi connectivity index (χ0v) is 4.90. The number of hydrogen-bond acceptors (Lipinski definition) is 2. The Morgan fingerprint density at radius 2 is 2.67 bits per heavy atom. The third-order valence-electron chi connectivity index (χ3n) is 1.13. The minimum Gasteiger partial charge on any atom is -0.502 e. The van der Waals surface area contributed by atoms with Crippen LogP contribution in [-0.2, 0) is 4.74 Å². The second-order valence-corrected chi connectivity index (χ2v) is 1.76. The summed E-state index contributed by atoms with van der Waals surface area (Å²) < 4.78 is 4.88. The van der Waals surface area contributed by atoms with Gasteiger partial charge in [0.1, 0.15) is 0 Å². The molecule has 1 atom stereocenters. The van der Waals surface area contributed by atoms with Crippen LogP contribution in [0.4, 0.5) is 0 Å². The summed E-state index contributed by atoms with van der Waals surface area (Å²) in [6, 6.07) is 0.00347. The number of hydrogen-bond donors (Lipinski definition) is 0. The quantitative estimate of drug-likeness (QED) is 0.298. The molecule has 0 aliphatic carbocycles. The fourth-order valence-electron chi connectivity index (χ4n) is 0.662. The van der Waals surface area contributed by atoms with E-state index in [9.17, 15) is 0 Å². The summed E-state index contributed by atoms with van der Waals surface area (Å²) in [7, 11) is 0. The summed E-state index contributed by atoms with van der Waals surface area (Å²) in [4.78, 5) is 2.68. The van der Waals surface area contributed by atoms with Crippen LogP contribution < -0.4 is 0 Å². The average Bonchev–Trinajstić information content (AvgIpc) is 1.91. The molecule has 1 heterocycles. The van der Waals surface area contributed by atoms with E-state index in [1.54, 1.807) is 12.3 Å². The lowest BCUT2D eigenvalue weighted by Crippen LogP contribution is -2.07. The molecule has 0 saturated carbocycles. The van der Waals surface area contributed by atoms with Crippen molar-refractivity contribution in [1.29, 1.82) is 0 Å². The van der Waals surface area contributed by atoms with E-state index < -0.39 is 0 Å². The first kappa shape index (κ1) is 5.98. The van der Waals surface area contributed by atoms with E-state index in [2.05, 4.69) is 10.0 Å². The van der Waals surface area contributed by atoms with Crippen LogP contribution in [-0.4, -0.2) is 12.6 Å². The van der Waals surface area contributed by atoms with Crippen LogP contribution in [0, 0.1) is 0 Å². The summed E-state index contributed by atoms with van der Waals surface area (Å²) in [5, 5.41) is 3.50. The van der Waals surface area contributed by atoms with Crippen LogP contribution in [0.3, 0.4) is 0 Å². The van der Waals surface area contributed by atoms with E-state index in [-0.39, 0.29) is 6.04 Å². The Morgan fingerprint density at radius 1 is 1.78 bits per heavy atom. The van der Waals surface area contributed by atoms with Crippen molar-refractivity contribution in [3.05, 3.63) is 22.8 Å². The Hall–Kier alpha value is -1.15. The van der Waals surface area contributed by atoms with Crippen molar-refractivity contribution in [1.82, 2.24) is 0 Å². The number of ether oxygens (including phenoxy) is 1. The third-order valence-corrected chi connectivity index (χ3v) is 1.13. The van der Waals surface area contributed by atoms with Gasteiger partial charge in [-0.25, -0.2) is 0 Å². The highest BCUT2D eigenvalue weighted by molar-refractivity contribution is 4.92. The first-order valence-corrected chi connectivity index (χ1v) is 2.76. The standard InChI is InChI=1S/C5H7N3O/c6-8-7-5-1-3-9-4-2-5/h1,3,5H,2,4H2. The van der Waals surface area contributed by atoms with Crippen LogP contribution in [0.15, 0.2) is 17.5 Å². The van der Waals surface area contributed by atoms with Gasteiger partial charge in [-0.1, -0.05) is 5.11 Å². The molecular weight excluding hydrogens is 118 g/mol. The van der Waals surface area contributed by atoms with Gasteiger partial charge in [0.05, 0.1) is 18.9 Å². The zero-order valence-electron chi connectivity index (χ0n) is 4.90. The molecule has 0 bridgehead atoms. The Labute approximate surface area is 52.8 Å². The first-order valence-electron chi connectivity index (χ1n) is 2.76. The lowest BCUT2D eigenvalue weighted by atomic mass is 10.2. The zero-order chi connectivity index (χ0) is 6.53. The predicted molar refractivity (Wildman–Crippen MR) is 32.6 cm³/mol. The van der Waals surface area contributed by atoms with E-state index in [4.69, 9.17) is 10.3 Å². The lowest BCUT2D eigenvalue weighted by Gasteiger charge is -2.10. The number of rotatable bonds is 1. The highest BCUT2D eigenvalue weighted by atomic mass is 16.5. The Morgan fingerprint density at radius 3 is 3.22 bits per heavy atom. The normalized spacial score (nSPS) is 24.2. The molecule has 0 saturated heterocycles. The minimum absolute atomic E-state index is 0.00347.